The van der Waals surface area contributed by atoms with E-state index in [-0.39, 0.29) is 0 Å². The number of ether oxygens (including phenoxy) is 1. The summed E-state index contributed by atoms with van der Waals surface area (Å²) in [5, 5.41) is 0. The van der Waals surface area contributed by atoms with E-state index in [4.69, 9.17) is 4.74 Å². The van der Waals surface area contributed by atoms with Crippen molar-refractivity contribution in [1.82, 2.24) is 0 Å². The molecule has 1 heteroatoms. The lowest BCUT2D eigenvalue weighted by atomic mass is 9.47. The molecular weight excluding hydrogens is 388 g/mol. The van der Waals surface area contributed by atoms with Crippen LogP contribution in [0, 0.1) is 40.4 Å². The van der Waals surface area contributed by atoms with Gasteiger partial charge in [-0.05, 0) is 132 Å². The molecular formula is C31H52O. The fourth-order valence-corrected chi connectivity index (χ4v) is 8.88. The van der Waals surface area contributed by atoms with Crippen LogP contribution in [0.1, 0.15) is 119 Å². The Morgan fingerprint density at radius 3 is 2.66 bits per heavy atom. The first-order valence-electron chi connectivity index (χ1n) is 14.2. The third-order valence-electron chi connectivity index (χ3n) is 10.9. The van der Waals surface area contributed by atoms with Crippen molar-refractivity contribution in [1.29, 1.82) is 0 Å². The zero-order chi connectivity index (χ0) is 22.9. The average Bonchev–Trinajstić information content (AvgIpc) is 3.10. The smallest absolute Gasteiger partial charge is 0.0580 e. The van der Waals surface area contributed by atoms with Crippen molar-refractivity contribution < 1.29 is 4.74 Å². The second-order valence-corrected chi connectivity index (χ2v) is 13.0. The standard InChI is InChI=1S/C31H52O/c1-22(2)10-9-11-23(3)18-21-32-24(4)27-15-16-28-26-14-13-25-12-7-8-19-30(25,5)29(26)17-20-31(27,28)6/h10,13,23-24,26-29H,7-9,11-12,14-21H2,1-6H3. The molecule has 1 nitrogen and oxygen atoms in total. The summed E-state index contributed by atoms with van der Waals surface area (Å²) in [4.78, 5) is 0. The lowest BCUT2D eigenvalue weighted by Gasteiger charge is -2.58. The number of hydrogen-bond donors (Lipinski definition) is 0. The Hall–Kier alpha value is -0.560. The maximum absolute atomic E-state index is 6.55. The van der Waals surface area contributed by atoms with Crippen molar-refractivity contribution in [3.8, 4) is 0 Å². The molecule has 0 aromatic rings. The van der Waals surface area contributed by atoms with Gasteiger partial charge in [-0.1, -0.05) is 50.5 Å². The van der Waals surface area contributed by atoms with Crippen LogP contribution in [0.2, 0.25) is 0 Å². The van der Waals surface area contributed by atoms with Crippen LogP contribution in [0.5, 0.6) is 0 Å². The van der Waals surface area contributed by atoms with Crippen molar-refractivity contribution in [2.24, 2.45) is 40.4 Å². The fourth-order valence-electron chi connectivity index (χ4n) is 8.88. The predicted octanol–water partition coefficient (Wildman–Crippen LogP) is 9.13. The van der Waals surface area contributed by atoms with Crippen LogP contribution in [0.4, 0.5) is 0 Å². The molecule has 32 heavy (non-hydrogen) atoms. The van der Waals surface area contributed by atoms with Crippen molar-refractivity contribution in [3.63, 3.8) is 0 Å². The molecule has 0 saturated heterocycles. The van der Waals surface area contributed by atoms with E-state index in [0.29, 0.717) is 16.9 Å². The summed E-state index contributed by atoms with van der Waals surface area (Å²) in [7, 11) is 0. The molecule has 0 aromatic heterocycles. The Bertz CT molecular complexity index is 699. The molecule has 0 heterocycles. The number of hydrogen-bond acceptors (Lipinski definition) is 1. The first-order chi connectivity index (χ1) is 15.3. The summed E-state index contributed by atoms with van der Waals surface area (Å²) in [6.45, 7) is 15.5. The molecule has 0 N–H and O–H groups in total. The summed E-state index contributed by atoms with van der Waals surface area (Å²) < 4.78 is 6.55. The average molecular weight is 441 g/mol. The van der Waals surface area contributed by atoms with Gasteiger partial charge in [0, 0.05) is 6.61 Å². The molecule has 8 atom stereocenters. The molecule has 8 unspecified atom stereocenters. The Balaban J connectivity index is 1.33. The topological polar surface area (TPSA) is 9.23 Å². The van der Waals surface area contributed by atoms with E-state index in [2.05, 4.69) is 53.7 Å². The van der Waals surface area contributed by atoms with Crippen molar-refractivity contribution >= 4 is 0 Å². The molecule has 0 spiro atoms. The van der Waals surface area contributed by atoms with Gasteiger partial charge in [-0.2, -0.15) is 0 Å². The predicted molar refractivity (Wildman–Crippen MR) is 138 cm³/mol. The van der Waals surface area contributed by atoms with Gasteiger partial charge in [0.15, 0.2) is 0 Å². The minimum atomic E-state index is 0.423. The van der Waals surface area contributed by atoms with E-state index in [0.717, 1.165) is 36.2 Å². The van der Waals surface area contributed by atoms with Crippen LogP contribution >= 0.6 is 0 Å². The van der Waals surface area contributed by atoms with Crippen LogP contribution in [-0.2, 0) is 4.74 Å². The summed E-state index contributed by atoms with van der Waals surface area (Å²) in [6, 6.07) is 0. The van der Waals surface area contributed by atoms with Gasteiger partial charge in [0.2, 0.25) is 0 Å². The number of rotatable bonds is 8. The quantitative estimate of drug-likeness (QED) is 0.342. The molecule has 4 aliphatic carbocycles. The van der Waals surface area contributed by atoms with Crippen LogP contribution in [0.15, 0.2) is 23.3 Å². The highest BCUT2D eigenvalue weighted by molar-refractivity contribution is 5.24. The van der Waals surface area contributed by atoms with E-state index in [1.165, 1.54) is 82.6 Å². The monoisotopic (exact) mass is 440 g/mol. The normalized spacial score (nSPS) is 40.5. The fraction of sp³-hybridized carbons (Fsp3) is 0.871. The van der Waals surface area contributed by atoms with E-state index in [1.54, 1.807) is 0 Å². The molecule has 4 aliphatic rings. The van der Waals surface area contributed by atoms with Gasteiger partial charge in [0.1, 0.15) is 0 Å². The summed E-state index contributed by atoms with van der Waals surface area (Å²) in [5.41, 5.74) is 4.33. The first kappa shape index (κ1) is 24.6. The van der Waals surface area contributed by atoms with Gasteiger partial charge >= 0.3 is 0 Å². The Morgan fingerprint density at radius 2 is 1.88 bits per heavy atom. The van der Waals surface area contributed by atoms with Crippen LogP contribution in [0.3, 0.4) is 0 Å². The van der Waals surface area contributed by atoms with Gasteiger partial charge in [0.25, 0.3) is 0 Å². The minimum Gasteiger partial charge on any atom is -0.378 e. The largest absolute Gasteiger partial charge is 0.378 e. The van der Waals surface area contributed by atoms with Gasteiger partial charge in [0.05, 0.1) is 6.10 Å². The van der Waals surface area contributed by atoms with E-state index < -0.39 is 0 Å². The zero-order valence-corrected chi connectivity index (χ0v) is 22.2. The van der Waals surface area contributed by atoms with E-state index in [9.17, 15) is 0 Å². The maximum atomic E-state index is 6.55. The first-order valence-corrected chi connectivity index (χ1v) is 14.2. The third kappa shape index (κ3) is 4.67. The second-order valence-electron chi connectivity index (χ2n) is 13.0. The van der Waals surface area contributed by atoms with Gasteiger partial charge in [-0.15, -0.1) is 0 Å². The van der Waals surface area contributed by atoms with E-state index >= 15 is 0 Å². The number of fused-ring (bicyclic) bond motifs is 5. The van der Waals surface area contributed by atoms with Gasteiger partial charge in [-0.3, -0.25) is 0 Å². The lowest BCUT2D eigenvalue weighted by molar-refractivity contribution is -0.0786. The Labute approximate surface area is 199 Å². The van der Waals surface area contributed by atoms with E-state index in [1.807, 2.05) is 5.57 Å². The molecule has 0 radical (unpaired) electrons. The Kier molecular flexibility index (Phi) is 7.65. The molecule has 0 aromatic carbocycles. The molecule has 4 rings (SSSR count). The van der Waals surface area contributed by atoms with Gasteiger partial charge < -0.3 is 4.74 Å². The molecule has 3 fully saturated rings. The minimum absolute atomic E-state index is 0.423. The summed E-state index contributed by atoms with van der Waals surface area (Å²) in [6.07, 6.45) is 22.1. The molecule has 3 saturated carbocycles. The Morgan fingerprint density at radius 1 is 1.06 bits per heavy atom. The highest BCUT2D eigenvalue weighted by atomic mass is 16.5. The van der Waals surface area contributed by atoms with Crippen LogP contribution in [-0.4, -0.2) is 12.7 Å². The third-order valence-corrected chi connectivity index (χ3v) is 10.9. The molecule has 0 aliphatic heterocycles. The molecule has 0 amide bonds. The van der Waals surface area contributed by atoms with Gasteiger partial charge in [-0.25, -0.2) is 0 Å². The van der Waals surface area contributed by atoms with Crippen LogP contribution < -0.4 is 0 Å². The lowest BCUT2D eigenvalue weighted by Crippen LogP contribution is -2.50. The maximum Gasteiger partial charge on any atom is 0.0580 e. The zero-order valence-electron chi connectivity index (χ0n) is 22.2. The number of allylic oxidation sites excluding steroid dienone is 4. The SMILES string of the molecule is CC(C)=CCCC(C)CCOC(C)C1CCC2C3CC=C4CCCCC4(C)C3CCC12C. The van der Waals surface area contributed by atoms with Crippen molar-refractivity contribution in [3.05, 3.63) is 23.3 Å². The van der Waals surface area contributed by atoms with Crippen molar-refractivity contribution in [2.45, 2.75) is 125 Å². The molecule has 182 valence electrons. The van der Waals surface area contributed by atoms with Crippen molar-refractivity contribution in [2.75, 3.05) is 6.61 Å². The van der Waals surface area contributed by atoms with Crippen LogP contribution in [0.25, 0.3) is 0 Å². The summed E-state index contributed by atoms with van der Waals surface area (Å²) >= 11 is 0. The highest BCUT2D eigenvalue weighted by Crippen LogP contribution is 2.66. The second kappa shape index (κ2) is 9.97. The highest BCUT2D eigenvalue weighted by Gasteiger charge is 2.59. The summed E-state index contributed by atoms with van der Waals surface area (Å²) in [5.74, 6) is 4.35. The molecule has 0 bridgehead atoms.